The summed E-state index contributed by atoms with van der Waals surface area (Å²) in [5.41, 5.74) is 8.34. The quantitative estimate of drug-likeness (QED) is 0.809. The maximum atomic E-state index is 11.6. The van der Waals surface area contributed by atoms with Gasteiger partial charge in [0.1, 0.15) is 0 Å². The van der Waals surface area contributed by atoms with Crippen LogP contribution >= 0.6 is 0 Å². The lowest BCUT2D eigenvalue weighted by Crippen LogP contribution is -2.23. The number of hydrogen-bond acceptors (Lipinski definition) is 3. The van der Waals surface area contributed by atoms with Crippen LogP contribution in [0.2, 0.25) is 0 Å². The summed E-state index contributed by atoms with van der Waals surface area (Å²) in [6, 6.07) is 9.25. The topological polar surface area (TPSA) is 60.9 Å². The second-order valence-electron chi connectivity index (χ2n) is 4.09. The van der Waals surface area contributed by atoms with Crippen LogP contribution in [0.15, 0.2) is 41.3 Å². The number of hydrogen-bond donors (Lipinski definition) is 1. The van der Waals surface area contributed by atoms with Gasteiger partial charge in [0.25, 0.3) is 5.56 Å². The van der Waals surface area contributed by atoms with Gasteiger partial charge in [0, 0.05) is 18.3 Å². The van der Waals surface area contributed by atoms with Crippen LogP contribution in [0.5, 0.6) is 0 Å². The molecule has 1 aromatic heterocycles. The Labute approximate surface area is 99.7 Å². The average Bonchev–Trinajstić information content (AvgIpc) is 2.30. The number of rotatable bonds is 3. The van der Waals surface area contributed by atoms with Crippen molar-refractivity contribution in [3.63, 3.8) is 0 Å². The number of anilines is 1. The minimum atomic E-state index is -0.0551. The van der Waals surface area contributed by atoms with Gasteiger partial charge < -0.3 is 5.73 Å². The smallest absolute Gasteiger partial charge is 0.266 e. The van der Waals surface area contributed by atoms with Crippen molar-refractivity contribution in [2.45, 2.75) is 19.9 Å². The minimum Gasteiger partial charge on any atom is -0.399 e. The predicted molar refractivity (Wildman–Crippen MR) is 67.8 cm³/mol. The molecule has 0 radical (unpaired) electrons. The van der Waals surface area contributed by atoms with Crippen molar-refractivity contribution in [3.05, 3.63) is 58.0 Å². The van der Waals surface area contributed by atoms with Gasteiger partial charge in [0.2, 0.25) is 0 Å². The fourth-order valence-corrected chi connectivity index (χ4v) is 1.61. The molecule has 0 saturated carbocycles. The molecule has 88 valence electrons. The Morgan fingerprint density at radius 3 is 2.65 bits per heavy atom. The summed E-state index contributed by atoms with van der Waals surface area (Å²) in [5.74, 6) is 0. The highest BCUT2D eigenvalue weighted by Crippen LogP contribution is 2.06. The molecule has 0 spiro atoms. The molecule has 0 aliphatic rings. The maximum Gasteiger partial charge on any atom is 0.266 e. The van der Waals surface area contributed by atoms with E-state index in [9.17, 15) is 4.79 Å². The zero-order valence-corrected chi connectivity index (χ0v) is 9.76. The summed E-state index contributed by atoms with van der Waals surface area (Å²) in [5, 5.41) is 4.09. The first-order valence-electron chi connectivity index (χ1n) is 5.53. The largest absolute Gasteiger partial charge is 0.399 e. The summed E-state index contributed by atoms with van der Waals surface area (Å²) in [6.07, 6.45) is 2.47. The van der Waals surface area contributed by atoms with E-state index in [1.54, 1.807) is 12.3 Å². The molecule has 0 amide bonds. The molecule has 4 heteroatoms. The Hall–Kier alpha value is -2.10. The van der Waals surface area contributed by atoms with Crippen LogP contribution in [0.3, 0.4) is 0 Å². The SMILES string of the molecule is Cc1cnn(CCc2ccc(N)cc2)c(=O)c1. The zero-order valence-electron chi connectivity index (χ0n) is 9.76. The first-order valence-corrected chi connectivity index (χ1v) is 5.53. The molecule has 2 N–H and O–H groups in total. The van der Waals surface area contributed by atoms with E-state index in [-0.39, 0.29) is 5.56 Å². The van der Waals surface area contributed by atoms with Crippen LogP contribution in [0, 0.1) is 6.92 Å². The Morgan fingerprint density at radius 2 is 2.00 bits per heavy atom. The Morgan fingerprint density at radius 1 is 1.29 bits per heavy atom. The van der Waals surface area contributed by atoms with Crippen LogP contribution in [-0.2, 0) is 13.0 Å². The zero-order chi connectivity index (χ0) is 12.3. The highest BCUT2D eigenvalue weighted by Gasteiger charge is 1.99. The van der Waals surface area contributed by atoms with Gasteiger partial charge in [-0.1, -0.05) is 12.1 Å². The van der Waals surface area contributed by atoms with Gasteiger partial charge in [-0.05, 0) is 36.6 Å². The molecule has 0 aliphatic carbocycles. The Balaban J connectivity index is 2.07. The van der Waals surface area contributed by atoms with Crippen LogP contribution in [0.4, 0.5) is 5.69 Å². The number of aromatic nitrogens is 2. The van der Waals surface area contributed by atoms with Gasteiger partial charge in [-0.25, -0.2) is 4.68 Å². The molecule has 4 nitrogen and oxygen atoms in total. The number of nitrogens with zero attached hydrogens (tertiary/aromatic N) is 2. The van der Waals surface area contributed by atoms with Crippen molar-refractivity contribution in [1.82, 2.24) is 9.78 Å². The number of nitrogen functional groups attached to an aromatic ring is 1. The molecule has 2 aromatic rings. The highest BCUT2D eigenvalue weighted by molar-refractivity contribution is 5.39. The second-order valence-corrected chi connectivity index (χ2v) is 4.09. The third-order valence-corrected chi connectivity index (χ3v) is 2.60. The molecule has 0 unspecified atom stereocenters. The van der Waals surface area contributed by atoms with E-state index in [2.05, 4.69) is 5.10 Å². The van der Waals surface area contributed by atoms with Crippen LogP contribution in [0.1, 0.15) is 11.1 Å². The monoisotopic (exact) mass is 229 g/mol. The van der Waals surface area contributed by atoms with Crippen molar-refractivity contribution in [2.24, 2.45) is 0 Å². The molecular weight excluding hydrogens is 214 g/mol. The van der Waals surface area contributed by atoms with E-state index in [0.29, 0.717) is 6.54 Å². The van der Waals surface area contributed by atoms with Gasteiger partial charge in [-0.15, -0.1) is 0 Å². The number of benzene rings is 1. The van der Waals surface area contributed by atoms with E-state index >= 15 is 0 Å². The molecule has 17 heavy (non-hydrogen) atoms. The summed E-state index contributed by atoms with van der Waals surface area (Å²) in [6.45, 7) is 2.45. The Kier molecular flexibility index (Phi) is 3.23. The number of aryl methyl sites for hydroxylation is 3. The third kappa shape index (κ3) is 2.93. The first kappa shape index (κ1) is 11.4. The normalized spacial score (nSPS) is 10.4. The van der Waals surface area contributed by atoms with Gasteiger partial charge in [-0.3, -0.25) is 4.79 Å². The lowest BCUT2D eigenvalue weighted by atomic mass is 10.1. The van der Waals surface area contributed by atoms with Crippen LogP contribution in [0.25, 0.3) is 0 Å². The molecule has 0 bridgehead atoms. The summed E-state index contributed by atoms with van der Waals surface area (Å²) < 4.78 is 1.48. The highest BCUT2D eigenvalue weighted by atomic mass is 16.1. The lowest BCUT2D eigenvalue weighted by molar-refractivity contribution is 0.576. The van der Waals surface area contributed by atoms with Crippen LogP contribution in [-0.4, -0.2) is 9.78 Å². The van der Waals surface area contributed by atoms with E-state index in [1.165, 1.54) is 4.68 Å². The minimum absolute atomic E-state index is 0.0551. The van der Waals surface area contributed by atoms with Crippen molar-refractivity contribution in [1.29, 1.82) is 0 Å². The maximum absolute atomic E-state index is 11.6. The fourth-order valence-electron chi connectivity index (χ4n) is 1.61. The van der Waals surface area contributed by atoms with Gasteiger partial charge >= 0.3 is 0 Å². The average molecular weight is 229 g/mol. The van der Waals surface area contributed by atoms with Gasteiger partial charge in [0.15, 0.2) is 0 Å². The van der Waals surface area contributed by atoms with E-state index < -0.39 is 0 Å². The molecule has 0 saturated heterocycles. The lowest BCUT2D eigenvalue weighted by Gasteiger charge is -2.05. The summed E-state index contributed by atoms with van der Waals surface area (Å²) in [4.78, 5) is 11.6. The summed E-state index contributed by atoms with van der Waals surface area (Å²) >= 11 is 0. The van der Waals surface area contributed by atoms with Crippen molar-refractivity contribution in [3.8, 4) is 0 Å². The van der Waals surface area contributed by atoms with Crippen molar-refractivity contribution in [2.75, 3.05) is 5.73 Å². The first-order chi connectivity index (χ1) is 8.15. The number of nitrogens with two attached hydrogens (primary N) is 1. The molecule has 0 fully saturated rings. The Bertz CT molecular complexity index is 558. The second kappa shape index (κ2) is 4.82. The van der Waals surface area contributed by atoms with E-state index in [0.717, 1.165) is 23.2 Å². The van der Waals surface area contributed by atoms with Crippen LogP contribution < -0.4 is 11.3 Å². The standard InChI is InChI=1S/C13H15N3O/c1-10-8-13(17)16(15-9-10)7-6-11-2-4-12(14)5-3-11/h2-5,8-9H,6-7,14H2,1H3. The van der Waals surface area contributed by atoms with Crippen molar-refractivity contribution < 1.29 is 0 Å². The molecule has 1 aromatic carbocycles. The van der Waals surface area contributed by atoms with E-state index in [4.69, 9.17) is 5.73 Å². The van der Waals surface area contributed by atoms with E-state index in [1.807, 2.05) is 31.2 Å². The molecule has 2 rings (SSSR count). The molecule has 1 heterocycles. The summed E-state index contributed by atoms with van der Waals surface area (Å²) in [7, 11) is 0. The van der Waals surface area contributed by atoms with Gasteiger partial charge in [0.05, 0.1) is 6.20 Å². The molecule has 0 atom stereocenters. The predicted octanol–water partition coefficient (Wildman–Crippen LogP) is 1.38. The third-order valence-electron chi connectivity index (χ3n) is 2.60. The van der Waals surface area contributed by atoms with Crippen molar-refractivity contribution >= 4 is 5.69 Å². The van der Waals surface area contributed by atoms with Gasteiger partial charge in [-0.2, -0.15) is 5.10 Å². The fraction of sp³-hybridized carbons (Fsp3) is 0.231. The molecule has 0 aliphatic heterocycles. The molecular formula is C13H15N3O.